The normalized spacial score (nSPS) is 15.5. The van der Waals surface area contributed by atoms with Crippen LogP contribution in [0, 0.1) is 0 Å². The first-order chi connectivity index (χ1) is 5.33. The summed E-state index contributed by atoms with van der Waals surface area (Å²) in [6.45, 7) is 0.891. The molecule has 0 amide bonds. The van der Waals surface area contributed by atoms with Gasteiger partial charge in [0.05, 0.1) is 12.3 Å². The molecule has 1 aliphatic rings. The lowest BCUT2D eigenvalue weighted by molar-refractivity contribution is 0.270. The minimum Gasteiger partial charge on any atom is -0.390 e. The van der Waals surface area contributed by atoms with Gasteiger partial charge in [0.25, 0.3) is 0 Å². The van der Waals surface area contributed by atoms with Crippen molar-refractivity contribution in [2.45, 2.75) is 18.3 Å². The van der Waals surface area contributed by atoms with Gasteiger partial charge in [-0.1, -0.05) is 23.4 Å². The Morgan fingerprint density at radius 1 is 1.73 bits per heavy atom. The number of hydrogen-bond acceptors (Lipinski definition) is 3. The van der Waals surface area contributed by atoms with Crippen molar-refractivity contribution in [3.8, 4) is 0 Å². The molecule has 1 aromatic rings. The first-order valence-electron chi connectivity index (χ1n) is 3.31. The summed E-state index contributed by atoms with van der Waals surface area (Å²) >= 11 is 7.43. The molecule has 11 heavy (non-hydrogen) atoms. The Kier molecular flexibility index (Phi) is 1.83. The van der Waals surface area contributed by atoms with Gasteiger partial charge in [0.2, 0.25) is 0 Å². The average Bonchev–Trinajstić information content (AvgIpc) is 2.46. The van der Waals surface area contributed by atoms with Gasteiger partial charge in [-0.15, -0.1) is 0 Å². The molecule has 0 fully saturated rings. The third-order valence-corrected chi connectivity index (χ3v) is 2.94. The third kappa shape index (κ3) is 1.06. The fourth-order valence-corrected chi connectivity index (χ4v) is 2.42. The Balaban J connectivity index is 2.52. The number of thioether (sulfide) groups is 1. The average molecular weight is 191 g/mol. The Morgan fingerprint density at radius 2 is 2.55 bits per heavy atom. The summed E-state index contributed by atoms with van der Waals surface area (Å²) in [5, 5.41) is 10.3. The van der Waals surface area contributed by atoms with Crippen molar-refractivity contribution < 1.29 is 5.11 Å². The molecule has 0 atom stereocenters. The van der Waals surface area contributed by atoms with Crippen molar-refractivity contribution in [1.29, 1.82) is 0 Å². The molecule has 0 spiro atoms. The van der Waals surface area contributed by atoms with E-state index in [4.69, 9.17) is 16.7 Å². The van der Waals surface area contributed by atoms with Crippen LogP contribution in [-0.4, -0.2) is 20.4 Å². The van der Waals surface area contributed by atoms with Gasteiger partial charge in [0.15, 0.2) is 10.3 Å². The van der Waals surface area contributed by atoms with Crippen LogP contribution >= 0.6 is 23.4 Å². The number of aromatic nitrogens is 2. The molecule has 1 aliphatic heterocycles. The van der Waals surface area contributed by atoms with Gasteiger partial charge in [-0.2, -0.15) is 0 Å². The molecule has 60 valence electrons. The second-order valence-corrected chi connectivity index (χ2v) is 3.71. The van der Waals surface area contributed by atoms with Crippen molar-refractivity contribution in [2.24, 2.45) is 0 Å². The standard InChI is InChI=1S/C6H7ClN2OS/c7-5-4(3-10)9-1-2-11-6(9)8-5/h10H,1-3H2. The zero-order valence-corrected chi connectivity index (χ0v) is 7.32. The molecule has 2 heterocycles. The summed E-state index contributed by atoms with van der Waals surface area (Å²) in [5.41, 5.74) is 0.742. The van der Waals surface area contributed by atoms with Gasteiger partial charge in [-0.05, 0) is 0 Å². The van der Waals surface area contributed by atoms with Crippen LogP contribution in [0.2, 0.25) is 5.15 Å². The third-order valence-electron chi connectivity index (χ3n) is 1.68. The van der Waals surface area contributed by atoms with E-state index in [-0.39, 0.29) is 6.61 Å². The zero-order valence-electron chi connectivity index (χ0n) is 5.75. The largest absolute Gasteiger partial charge is 0.390 e. The highest BCUT2D eigenvalue weighted by atomic mass is 35.5. The Hall–Kier alpha value is -0.190. The van der Waals surface area contributed by atoms with Crippen LogP contribution in [0.15, 0.2) is 5.16 Å². The van der Waals surface area contributed by atoms with E-state index in [9.17, 15) is 0 Å². The summed E-state index contributed by atoms with van der Waals surface area (Å²) in [6.07, 6.45) is 0. The van der Waals surface area contributed by atoms with Crippen molar-refractivity contribution in [3.05, 3.63) is 10.8 Å². The number of imidazole rings is 1. The molecule has 0 radical (unpaired) electrons. The molecule has 0 aromatic carbocycles. The van der Waals surface area contributed by atoms with E-state index in [0.717, 1.165) is 23.1 Å². The van der Waals surface area contributed by atoms with E-state index in [1.807, 2.05) is 4.57 Å². The Labute approximate surface area is 73.4 Å². The Bertz CT molecular complexity index is 286. The van der Waals surface area contributed by atoms with Crippen LogP contribution in [0.25, 0.3) is 0 Å². The zero-order chi connectivity index (χ0) is 7.84. The maximum Gasteiger partial charge on any atom is 0.169 e. The molecular formula is C6H7ClN2OS. The van der Waals surface area contributed by atoms with E-state index in [0.29, 0.717) is 5.15 Å². The van der Waals surface area contributed by atoms with Crippen LogP contribution in [0.3, 0.4) is 0 Å². The van der Waals surface area contributed by atoms with E-state index < -0.39 is 0 Å². The molecule has 2 rings (SSSR count). The molecule has 0 saturated carbocycles. The predicted octanol–water partition coefficient (Wildman–Crippen LogP) is 1.13. The summed E-state index contributed by atoms with van der Waals surface area (Å²) in [4.78, 5) is 4.09. The van der Waals surface area contributed by atoms with E-state index >= 15 is 0 Å². The number of rotatable bonds is 1. The van der Waals surface area contributed by atoms with Gasteiger partial charge >= 0.3 is 0 Å². The molecule has 3 nitrogen and oxygen atoms in total. The van der Waals surface area contributed by atoms with Crippen molar-refractivity contribution in [1.82, 2.24) is 9.55 Å². The number of fused-ring (bicyclic) bond motifs is 1. The summed E-state index contributed by atoms with van der Waals surface area (Å²) in [7, 11) is 0. The minimum atomic E-state index is -0.0214. The van der Waals surface area contributed by atoms with Crippen LogP contribution in [0.1, 0.15) is 5.69 Å². The van der Waals surface area contributed by atoms with E-state index in [2.05, 4.69) is 4.98 Å². The van der Waals surface area contributed by atoms with Gasteiger partial charge in [0.1, 0.15) is 0 Å². The van der Waals surface area contributed by atoms with E-state index in [1.165, 1.54) is 0 Å². The number of nitrogens with zero attached hydrogens (tertiary/aromatic N) is 2. The van der Waals surface area contributed by atoms with E-state index in [1.54, 1.807) is 11.8 Å². The number of aliphatic hydroxyl groups is 1. The number of hydrogen-bond donors (Lipinski definition) is 1. The highest BCUT2D eigenvalue weighted by Crippen LogP contribution is 2.30. The molecule has 1 N–H and O–H groups in total. The summed E-state index contributed by atoms with van der Waals surface area (Å²) in [6, 6.07) is 0. The second kappa shape index (κ2) is 2.69. The van der Waals surface area contributed by atoms with Crippen LogP contribution in [0.5, 0.6) is 0 Å². The highest BCUT2D eigenvalue weighted by molar-refractivity contribution is 7.99. The quantitative estimate of drug-likeness (QED) is 0.722. The van der Waals surface area contributed by atoms with Crippen LogP contribution in [0.4, 0.5) is 0 Å². The van der Waals surface area contributed by atoms with Crippen molar-refractivity contribution in [2.75, 3.05) is 5.75 Å². The van der Waals surface area contributed by atoms with Gasteiger partial charge in [0, 0.05) is 12.3 Å². The van der Waals surface area contributed by atoms with Gasteiger partial charge in [-0.25, -0.2) is 4.98 Å². The topological polar surface area (TPSA) is 38.1 Å². The molecule has 1 aromatic heterocycles. The maximum atomic E-state index is 8.92. The number of aliphatic hydroxyl groups excluding tert-OH is 1. The molecule has 0 saturated heterocycles. The lowest BCUT2D eigenvalue weighted by Gasteiger charge is -1.98. The van der Waals surface area contributed by atoms with Gasteiger partial charge < -0.3 is 9.67 Å². The lowest BCUT2D eigenvalue weighted by Crippen LogP contribution is -1.99. The molecular weight excluding hydrogens is 184 g/mol. The summed E-state index contributed by atoms with van der Waals surface area (Å²) in [5.74, 6) is 1.03. The van der Waals surface area contributed by atoms with Crippen molar-refractivity contribution >= 4 is 23.4 Å². The lowest BCUT2D eigenvalue weighted by atomic mass is 10.5. The fraction of sp³-hybridized carbons (Fsp3) is 0.500. The predicted molar refractivity (Wildman–Crippen MR) is 43.9 cm³/mol. The highest BCUT2D eigenvalue weighted by Gasteiger charge is 2.19. The van der Waals surface area contributed by atoms with Crippen LogP contribution < -0.4 is 0 Å². The minimum absolute atomic E-state index is 0.0214. The van der Waals surface area contributed by atoms with Crippen LogP contribution in [-0.2, 0) is 13.2 Å². The van der Waals surface area contributed by atoms with Crippen molar-refractivity contribution in [3.63, 3.8) is 0 Å². The SMILES string of the molecule is OCc1c(Cl)nc2n1CCS2. The van der Waals surface area contributed by atoms with Gasteiger partial charge in [-0.3, -0.25) is 0 Å². The Morgan fingerprint density at radius 3 is 3.27 bits per heavy atom. The fourth-order valence-electron chi connectivity index (χ4n) is 1.16. The smallest absolute Gasteiger partial charge is 0.169 e. The molecule has 0 bridgehead atoms. The maximum absolute atomic E-state index is 8.92. The first kappa shape index (κ1) is 7.46. The summed E-state index contributed by atoms with van der Waals surface area (Å²) < 4.78 is 1.97. The molecule has 0 unspecified atom stereocenters. The second-order valence-electron chi connectivity index (χ2n) is 2.29. The molecule has 5 heteroatoms. The molecule has 0 aliphatic carbocycles. The number of halogens is 1. The monoisotopic (exact) mass is 190 g/mol. The first-order valence-corrected chi connectivity index (χ1v) is 4.68.